The molecular weight excluding hydrogens is 583 g/mol. The number of nitrogens with zero attached hydrogens (tertiary/aromatic N) is 1. The van der Waals surface area contributed by atoms with Gasteiger partial charge in [0.15, 0.2) is 5.58 Å². The molecule has 0 amide bonds. The van der Waals surface area contributed by atoms with Crippen molar-refractivity contribution < 1.29 is 4.42 Å². The molecule has 0 fully saturated rings. The number of rotatable bonds is 3. The van der Waals surface area contributed by atoms with Crippen molar-refractivity contribution in [2.75, 3.05) is 0 Å². The normalized spacial score (nSPS) is 12.5. The Labute approximate surface area is 278 Å². The van der Waals surface area contributed by atoms with Crippen LogP contribution in [0.1, 0.15) is 50.7 Å². The summed E-state index contributed by atoms with van der Waals surface area (Å²) in [6.07, 6.45) is 0. The summed E-state index contributed by atoms with van der Waals surface area (Å²) in [5.74, 6) is 0.848. The van der Waals surface area contributed by atoms with Crippen LogP contribution >= 0.6 is 0 Å². The van der Waals surface area contributed by atoms with Crippen LogP contribution in [0.4, 0.5) is 0 Å². The first kappa shape index (κ1) is 27.5. The van der Waals surface area contributed by atoms with Crippen molar-refractivity contribution in [1.82, 2.24) is 4.57 Å². The second kappa shape index (κ2) is 9.95. The molecule has 10 aromatic rings. The first-order chi connectivity index (χ1) is 23.5. The van der Waals surface area contributed by atoms with Crippen molar-refractivity contribution >= 4 is 86.8 Å². The van der Waals surface area contributed by atoms with Crippen molar-refractivity contribution in [2.45, 2.75) is 39.5 Å². The van der Waals surface area contributed by atoms with Gasteiger partial charge in [-0.1, -0.05) is 137 Å². The highest BCUT2D eigenvalue weighted by atomic mass is 16.3. The van der Waals surface area contributed by atoms with Gasteiger partial charge in [-0.25, -0.2) is 0 Å². The zero-order valence-electron chi connectivity index (χ0n) is 27.6. The second-order valence-corrected chi connectivity index (χ2v) is 14.0. The van der Waals surface area contributed by atoms with Gasteiger partial charge in [-0.3, -0.25) is 0 Å². The summed E-state index contributed by atoms with van der Waals surface area (Å²) in [5.41, 5.74) is 8.04. The lowest BCUT2D eigenvalue weighted by atomic mass is 9.87. The van der Waals surface area contributed by atoms with Crippen molar-refractivity contribution in [3.05, 3.63) is 139 Å². The number of benzene rings is 8. The number of fused-ring (bicyclic) bond motifs is 16. The van der Waals surface area contributed by atoms with E-state index in [0.29, 0.717) is 11.8 Å². The molecule has 0 saturated carbocycles. The highest BCUT2D eigenvalue weighted by molar-refractivity contribution is 6.42. The van der Waals surface area contributed by atoms with E-state index in [9.17, 15) is 0 Å². The lowest BCUT2D eigenvalue weighted by Gasteiger charge is -2.18. The Morgan fingerprint density at radius 1 is 0.438 bits per heavy atom. The molecule has 2 heteroatoms. The van der Waals surface area contributed by atoms with Crippen molar-refractivity contribution in [1.29, 1.82) is 0 Å². The minimum absolute atomic E-state index is 0.399. The first-order valence-corrected chi connectivity index (χ1v) is 17.2. The van der Waals surface area contributed by atoms with E-state index in [1.165, 1.54) is 76.0 Å². The quantitative estimate of drug-likeness (QED) is 0.180. The summed E-state index contributed by atoms with van der Waals surface area (Å²) in [6, 6.07) is 47.3. The number of hydrogen-bond acceptors (Lipinski definition) is 1. The molecule has 0 saturated heterocycles. The third-order valence-electron chi connectivity index (χ3n) is 10.7. The molecule has 2 heterocycles. The molecule has 2 aromatic heterocycles. The van der Waals surface area contributed by atoms with Gasteiger partial charge in [0.05, 0.1) is 16.7 Å². The summed E-state index contributed by atoms with van der Waals surface area (Å²) in [7, 11) is 0. The van der Waals surface area contributed by atoms with Gasteiger partial charge in [-0.05, 0) is 73.5 Å². The van der Waals surface area contributed by atoms with Crippen LogP contribution < -0.4 is 0 Å². The largest absolute Gasteiger partial charge is 0.454 e. The van der Waals surface area contributed by atoms with Crippen LogP contribution in [0, 0.1) is 0 Å². The van der Waals surface area contributed by atoms with E-state index in [-0.39, 0.29) is 0 Å². The molecule has 0 radical (unpaired) electrons. The zero-order valence-corrected chi connectivity index (χ0v) is 27.6. The lowest BCUT2D eigenvalue weighted by molar-refractivity contribution is 0.666. The Morgan fingerprint density at radius 3 is 1.73 bits per heavy atom. The zero-order chi connectivity index (χ0) is 32.3. The molecule has 2 nitrogen and oxygen atoms in total. The van der Waals surface area contributed by atoms with Crippen molar-refractivity contribution in [3.63, 3.8) is 0 Å². The average molecular weight is 618 g/mol. The molecule has 0 spiro atoms. The summed E-state index contributed by atoms with van der Waals surface area (Å²) < 4.78 is 9.28. The maximum atomic E-state index is 6.75. The number of para-hydroxylation sites is 2. The SMILES string of the molecule is CC(C)c1ccc2c(c1)c1ccccc1c1c2c2ccccc2c2c3ccc(C(C)C)cc3n(-c3cccc4c3oc3ccccc34)c21. The van der Waals surface area contributed by atoms with Gasteiger partial charge in [0.25, 0.3) is 0 Å². The van der Waals surface area contributed by atoms with Gasteiger partial charge in [0, 0.05) is 32.3 Å². The van der Waals surface area contributed by atoms with Crippen molar-refractivity contribution in [3.8, 4) is 5.69 Å². The summed E-state index contributed by atoms with van der Waals surface area (Å²) in [4.78, 5) is 0. The number of aromatic nitrogens is 1. The van der Waals surface area contributed by atoms with Gasteiger partial charge < -0.3 is 8.98 Å². The molecule has 8 aromatic carbocycles. The predicted octanol–water partition coefficient (Wildman–Crippen LogP) is 13.5. The number of hydrogen-bond donors (Lipinski definition) is 0. The standard InChI is InChI=1S/C46H35NO/c1-26(2)28-20-22-35-38(24-28)30-12-5-6-14-32(30)44-42(35)33-15-7-8-16-34(33)43-37-23-21-29(27(3)4)25-40(37)47(45(43)44)39-18-11-17-36-31-13-9-10-19-41(31)48-46(36)39/h5-27H,1-4H3. The topological polar surface area (TPSA) is 18.1 Å². The van der Waals surface area contributed by atoms with E-state index in [0.717, 1.165) is 27.6 Å². The van der Waals surface area contributed by atoms with Crippen LogP contribution in [0.3, 0.4) is 0 Å². The molecule has 0 aliphatic heterocycles. The van der Waals surface area contributed by atoms with E-state index >= 15 is 0 Å². The Kier molecular flexibility index (Phi) is 5.70. The Balaban J connectivity index is 1.54. The molecule has 230 valence electrons. The maximum absolute atomic E-state index is 6.75. The Morgan fingerprint density at radius 2 is 1.00 bits per heavy atom. The van der Waals surface area contributed by atoms with E-state index in [1.54, 1.807) is 0 Å². The molecule has 0 atom stereocenters. The van der Waals surface area contributed by atoms with Crippen LogP contribution in [0.5, 0.6) is 0 Å². The third-order valence-corrected chi connectivity index (χ3v) is 10.7. The van der Waals surface area contributed by atoms with Crippen LogP contribution in [-0.4, -0.2) is 4.57 Å². The predicted molar refractivity (Wildman–Crippen MR) is 206 cm³/mol. The number of furan rings is 1. The van der Waals surface area contributed by atoms with E-state index in [4.69, 9.17) is 4.42 Å². The van der Waals surface area contributed by atoms with E-state index < -0.39 is 0 Å². The van der Waals surface area contributed by atoms with Gasteiger partial charge in [0.2, 0.25) is 0 Å². The first-order valence-electron chi connectivity index (χ1n) is 17.2. The molecule has 0 bridgehead atoms. The van der Waals surface area contributed by atoms with Crippen LogP contribution in [0.25, 0.3) is 92.5 Å². The fourth-order valence-electron chi connectivity index (χ4n) is 8.34. The molecule has 0 aliphatic carbocycles. The van der Waals surface area contributed by atoms with E-state index in [2.05, 4.69) is 160 Å². The molecule has 0 N–H and O–H groups in total. The van der Waals surface area contributed by atoms with Gasteiger partial charge in [-0.15, -0.1) is 0 Å². The van der Waals surface area contributed by atoms with Gasteiger partial charge in [-0.2, -0.15) is 0 Å². The fourth-order valence-corrected chi connectivity index (χ4v) is 8.34. The van der Waals surface area contributed by atoms with Gasteiger partial charge in [0.1, 0.15) is 5.58 Å². The van der Waals surface area contributed by atoms with Crippen LogP contribution in [0.15, 0.2) is 132 Å². The molecule has 10 rings (SSSR count). The Bertz CT molecular complexity index is 2950. The molecule has 48 heavy (non-hydrogen) atoms. The van der Waals surface area contributed by atoms with E-state index in [1.807, 2.05) is 0 Å². The average Bonchev–Trinajstić information content (AvgIpc) is 3.67. The maximum Gasteiger partial charge on any atom is 0.159 e. The second-order valence-electron chi connectivity index (χ2n) is 14.0. The van der Waals surface area contributed by atoms with Crippen LogP contribution in [0.2, 0.25) is 0 Å². The van der Waals surface area contributed by atoms with Gasteiger partial charge >= 0.3 is 0 Å². The minimum atomic E-state index is 0.399. The molecule has 0 unspecified atom stereocenters. The lowest BCUT2D eigenvalue weighted by Crippen LogP contribution is -1.97. The third kappa shape index (κ3) is 3.63. The Hall–Kier alpha value is -5.60. The fraction of sp³-hybridized carbons (Fsp3) is 0.130. The highest BCUT2D eigenvalue weighted by Gasteiger charge is 2.25. The summed E-state index contributed by atoms with van der Waals surface area (Å²) in [5, 5.41) is 15.2. The summed E-state index contributed by atoms with van der Waals surface area (Å²) >= 11 is 0. The highest BCUT2D eigenvalue weighted by Crippen LogP contribution is 2.49. The molecule has 0 aliphatic rings. The monoisotopic (exact) mass is 617 g/mol. The minimum Gasteiger partial charge on any atom is -0.454 e. The smallest absolute Gasteiger partial charge is 0.159 e. The van der Waals surface area contributed by atoms with Crippen LogP contribution in [-0.2, 0) is 0 Å². The summed E-state index contributed by atoms with van der Waals surface area (Å²) in [6.45, 7) is 9.13. The van der Waals surface area contributed by atoms with Crippen molar-refractivity contribution in [2.24, 2.45) is 0 Å². The molecular formula is C46H35NO.